The van der Waals surface area contributed by atoms with Gasteiger partial charge < -0.3 is 14.0 Å². The van der Waals surface area contributed by atoms with Gasteiger partial charge in [0.2, 0.25) is 0 Å². The summed E-state index contributed by atoms with van der Waals surface area (Å²) in [5.41, 5.74) is 0.963. The molecule has 0 unspecified atom stereocenters. The molecule has 2 rings (SSSR count). The first-order valence-corrected chi connectivity index (χ1v) is 6.41. The molecule has 2 aromatic rings. The number of rotatable bonds is 3. The summed E-state index contributed by atoms with van der Waals surface area (Å²) in [5, 5.41) is 0. The third kappa shape index (κ3) is 2.33. The van der Waals surface area contributed by atoms with E-state index in [2.05, 4.69) is 0 Å². The van der Waals surface area contributed by atoms with Crippen molar-refractivity contribution in [2.45, 2.75) is 6.92 Å². The summed E-state index contributed by atoms with van der Waals surface area (Å²) in [6.07, 6.45) is 0. The van der Waals surface area contributed by atoms with E-state index in [0.717, 1.165) is 4.57 Å². The van der Waals surface area contributed by atoms with E-state index >= 15 is 0 Å². The van der Waals surface area contributed by atoms with Crippen LogP contribution in [0.4, 0.5) is 0 Å². The molecule has 21 heavy (non-hydrogen) atoms. The third-order valence-electron chi connectivity index (χ3n) is 3.64. The lowest BCUT2D eigenvalue weighted by atomic mass is 10.0. The molecular weight excluding hydrogens is 272 g/mol. The summed E-state index contributed by atoms with van der Waals surface area (Å²) in [4.78, 5) is 24.4. The highest BCUT2D eigenvalue weighted by molar-refractivity contribution is 5.72. The Balaban J connectivity index is 2.86. The van der Waals surface area contributed by atoms with Crippen molar-refractivity contribution < 1.29 is 9.47 Å². The molecule has 0 atom stereocenters. The minimum absolute atomic E-state index is 0.348. The van der Waals surface area contributed by atoms with Gasteiger partial charge in [-0.1, -0.05) is 0 Å². The topological polar surface area (TPSA) is 62.5 Å². The molecule has 0 fully saturated rings. The minimum atomic E-state index is -0.353. The fourth-order valence-electron chi connectivity index (χ4n) is 2.26. The molecule has 1 aromatic heterocycles. The molecule has 0 saturated heterocycles. The van der Waals surface area contributed by atoms with Gasteiger partial charge in [0.25, 0.3) is 5.56 Å². The highest BCUT2D eigenvalue weighted by atomic mass is 16.5. The SMILES string of the molecule is COc1ccc(-c2c(C)n(C)c(=O)n(C)c2=O)c(OC)c1. The van der Waals surface area contributed by atoms with Gasteiger partial charge in [-0.05, 0) is 19.1 Å². The van der Waals surface area contributed by atoms with Crippen molar-refractivity contribution in [2.75, 3.05) is 14.2 Å². The van der Waals surface area contributed by atoms with Crippen LogP contribution in [0, 0.1) is 6.92 Å². The smallest absolute Gasteiger partial charge is 0.330 e. The number of ether oxygens (including phenoxy) is 2. The number of hydrogen-bond donors (Lipinski definition) is 0. The van der Waals surface area contributed by atoms with Gasteiger partial charge >= 0.3 is 5.69 Å². The standard InChI is InChI=1S/C15H18N2O4/c1-9-13(14(18)17(3)15(19)16(9)2)11-7-6-10(20-4)8-12(11)21-5/h6-8H,1-5H3. The Kier molecular flexibility index (Phi) is 3.88. The van der Waals surface area contributed by atoms with Crippen LogP contribution in [-0.4, -0.2) is 23.4 Å². The Labute approximate surface area is 122 Å². The van der Waals surface area contributed by atoms with Crippen LogP contribution >= 0.6 is 0 Å². The number of nitrogens with zero attached hydrogens (tertiary/aromatic N) is 2. The van der Waals surface area contributed by atoms with E-state index in [1.54, 1.807) is 39.3 Å². The lowest BCUT2D eigenvalue weighted by Crippen LogP contribution is -2.39. The zero-order chi connectivity index (χ0) is 15.7. The molecule has 0 aliphatic rings. The fraction of sp³-hybridized carbons (Fsp3) is 0.333. The largest absolute Gasteiger partial charge is 0.497 e. The van der Waals surface area contributed by atoms with E-state index in [1.165, 1.54) is 18.7 Å². The Hall–Kier alpha value is -2.50. The van der Waals surface area contributed by atoms with Crippen LogP contribution in [0.1, 0.15) is 5.69 Å². The zero-order valence-electron chi connectivity index (χ0n) is 12.8. The molecular formula is C15H18N2O4. The maximum absolute atomic E-state index is 12.4. The first-order chi connectivity index (χ1) is 9.92. The fourth-order valence-corrected chi connectivity index (χ4v) is 2.26. The van der Waals surface area contributed by atoms with Crippen LogP contribution in [0.3, 0.4) is 0 Å². The van der Waals surface area contributed by atoms with E-state index in [0.29, 0.717) is 28.3 Å². The highest BCUT2D eigenvalue weighted by Crippen LogP contribution is 2.32. The van der Waals surface area contributed by atoms with Crippen molar-refractivity contribution in [1.29, 1.82) is 0 Å². The van der Waals surface area contributed by atoms with E-state index in [4.69, 9.17) is 9.47 Å². The summed E-state index contributed by atoms with van der Waals surface area (Å²) >= 11 is 0. The summed E-state index contributed by atoms with van der Waals surface area (Å²) in [7, 11) is 6.19. The number of hydrogen-bond acceptors (Lipinski definition) is 4. The van der Waals surface area contributed by atoms with Crippen molar-refractivity contribution in [3.05, 3.63) is 44.7 Å². The third-order valence-corrected chi connectivity index (χ3v) is 3.64. The van der Waals surface area contributed by atoms with Crippen LogP contribution in [0.2, 0.25) is 0 Å². The first kappa shape index (κ1) is 14.9. The van der Waals surface area contributed by atoms with Gasteiger partial charge in [-0.15, -0.1) is 0 Å². The quantitative estimate of drug-likeness (QED) is 0.848. The monoisotopic (exact) mass is 290 g/mol. The lowest BCUT2D eigenvalue weighted by Gasteiger charge is -2.15. The van der Waals surface area contributed by atoms with Crippen LogP contribution < -0.4 is 20.7 Å². The lowest BCUT2D eigenvalue weighted by molar-refractivity contribution is 0.395. The average molecular weight is 290 g/mol. The number of benzene rings is 1. The number of methoxy groups -OCH3 is 2. The second-order valence-corrected chi connectivity index (χ2v) is 4.73. The van der Waals surface area contributed by atoms with Crippen molar-refractivity contribution in [2.24, 2.45) is 14.1 Å². The van der Waals surface area contributed by atoms with Gasteiger partial charge in [-0.25, -0.2) is 4.79 Å². The maximum atomic E-state index is 12.4. The summed E-state index contributed by atoms with van der Waals surface area (Å²) in [6.45, 7) is 1.74. The van der Waals surface area contributed by atoms with Crippen LogP contribution in [-0.2, 0) is 14.1 Å². The normalized spacial score (nSPS) is 10.5. The highest BCUT2D eigenvalue weighted by Gasteiger charge is 2.18. The molecule has 0 N–H and O–H groups in total. The first-order valence-electron chi connectivity index (χ1n) is 6.41. The second-order valence-electron chi connectivity index (χ2n) is 4.73. The summed E-state index contributed by atoms with van der Waals surface area (Å²) < 4.78 is 13.0. The molecule has 1 aromatic carbocycles. The van der Waals surface area contributed by atoms with Gasteiger partial charge in [0, 0.05) is 31.4 Å². The molecule has 6 nitrogen and oxygen atoms in total. The maximum Gasteiger partial charge on any atom is 0.330 e. The molecule has 1 heterocycles. The van der Waals surface area contributed by atoms with Gasteiger partial charge in [-0.2, -0.15) is 0 Å². The number of aromatic nitrogens is 2. The molecule has 0 bridgehead atoms. The predicted molar refractivity (Wildman–Crippen MR) is 80.2 cm³/mol. The van der Waals surface area contributed by atoms with Gasteiger partial charge in [0.15, 0.2) is 0 Å². The van der Waals surface area contributed by atoms with Crippen LogP contribution in [0.25, 0.3) is 11.1 Å². The van der Waals surface area contributed by atoms with Crippen LogP contribution in [0.5, 0.6) is 11.5 Å². The minimum Gasteiger partial charge on any atom is -0.497 e. The Morgan fingerprint density at radius 1 is 1.00 bits per heavy atom. The molecule has 0 spiro atoms. The van der Waals surface area contributed by atoms with E-state index in [9.17, 15) is 9.59 Å². The summed E-state index contributed by atoms with van der Waals surface area (Å²) in [6, 6.07) is 5.22. The molecule has 112 valence electrons. The Morgan fingerprint density at radius 3 is 2.24 bits per heavy atom. The van der Waals surface area contributed by atoms with E-state index in [1.807, 2.05) is 0 Å². The van der Waals surface area contributed by atoms with Gasteiger partial charge in [-0.3, -0.25) is 9.36 Å². The van der Waals surface area contributed by atoms with Gasteiger partial charge in [0.05, 0.1) is 19.8 Å². The molecule has 0 radical (unpaired) electrons. The van der Waals surface area contributed by atoms with Gasteiger partial charge in [0.1, 0.15) is 11.5 Å². The van der Waals surface area contributed by atoms with Crippen molar-refractivity contribution in [1.82, 2.24) is 9.13 Å². The van der Waals surface area contributed by atoms with Crippen molar-refractivity contribution in [3.63, 3.8) is 0 Å². The Morgan fingerprint density at radius 2 is 1.67 bits per heavy atom. The molecule has 0 saturated carbocycles. The van der Waals surface area contributed by atoms with Crippen LogP contribution in [0.15, 0.2) is 27.8 Å². The molecule has 0 aliphatic heterocycles. The zero-order valence-corrected chi connectivity index (χ0v) is 12.8. The summed E-state index contributed by atoms with van der Waals surface area (Å²) in [5.74, 6) is 1.16. The molecule has 0 aliphatic carbocycles. The van der Waals surface area contributed by atoms with Crippen molar-refractivity contribution >= 4 is 0 Å². The second kappa shape index (κ2) is 5.47. The van der Waals surface area contributed by atoms with E-state index in [-0.39, 0.29) is 11.2 Å². The Bertz CT molecular complexity index is 803. The predicted octanol–water partition coefficient (Wildman–Crippen LogP) is 1.08. The molecule has 6 heteroatoms. The van der Waals surface area contributed by atoms with Crippen molar-refractivity contribution in [3.8, 4) is 22.6 Å². The molecule has 0 amide bonds. The van der Waals surface area contributed by atoms with E-state index < -0.39 is 0 Å². The average Bonchev–Trinajstić information content (AvgIpc) is 2.51.